The molecule has 2 aromatic carbocycles. The van der Waals surface area contributed by atoms with Crippen molar-refractivity contribution in [1.29, 1.82) is 0 Å². The molecule has 1 unspecified atom stereocenters. The second-order valence-electron chi connectivity index (χ2n) is 3.59. The molecule has 16 heavy (non-hydrogen) atoms. The fraction of sp³-hybridized carbons (Fsp3) is 0.143. The lowest BCUT2D eigenvalue weighted by atomic mass is 10.0. The predicted octanol–water partition coefficient (Wildman–Crippen LogP) is 3.38. The van der Waals surface area contributed by atoms with Gasteiger partial charge < -0.3 is 5.11 Å². The third-order valence-corrected chi connectivity index (χ3v) is 3.66. The van der Waals surface area contributed by atoms with E-state index in [2.05, 4.69) is 25.1 Å². The maximum Gasteiger partial charge on any atom is 0.123 e. The molecule has 2 heteroatoms. The van der Waals surface area contributed by atoms with Crippen molar-refractivity contribution in [2.75, 3.05) is 6.16 Å². The molecular weight excluding hydrogens is 215 g/mol. The van der Waals surface area contributed by atoms with Gasteiger partial charge in [-0.25, -0.2) is 0 Å². The molecule has 1 N–H and O–H groups in total. The highest BCUT2D eigenvalue weighted by Crippen LogP contribution is 2.30. The SMILES string of the molecule is CCPc1ccccc1-c1ccccc1O. The zero-order chi connectivity index (χ0) is 11.4. The van der Waals surface area contributed by atoms with Gasteiger partial charge >= 0.3 is 0 Å². The van der Waals surface area contributed by atoms with Crippen LogP contribution in [0, 0.1) is 0 Å². The van der Waals surface area contributed by atoms with Crippen molar-refractivity contribution in [1.82, 2.24) is 0 Å². The third-order valence-electron chi connectivity index (χ3n) is 2.49. The van der Waals surface area contributed by atoms with Gasteiger partial charge in [-0.3, -0.25) is 0 Å². The maximum absolute atomic E-state index is 9.86. The minimum Gasteiger partial charge on any atom is -0.507 e. The highest BCUT2D eigenvalue weighted by atomic mass is 31.1. The molecule has 0 saturated carbocycles. The van der Waals surface area contributed by atoms with Crippen LogP contribution in [0.2, 0.25) is 0 Å². The predicted molar refractivity (Wildman–Crippen MR) is 72.0 cm³/mol. The highest BCUT2D eigenvalue weighted by Gasteiger charge is 2.07. The van der Waals surface area contributed by atoms with Gasteiger partial charge in [-0.2, -0.15) is 0 Å². The summed E-state index contributed by atoms with van der Waals surface area (Å²) in [6, 6.07) is 15.8. The Kier molecular flexibility index (Phi) is 3.58. The second-order valence-corrected chi connectivity index (χ2v) is 5.19. The van der Waals surface area contributed by atoms with Crippen molar-refractivity contribution in [3.8, 4) is 16.9 Å². The van der Waals surface area contributed by atoms with E-state index in [4.69, 9.17) is 0 Å². The first-order chi connectivity index (χ1) is 7.83. The van der Waals surface area contributed by atoms with Crippen molar-refractivity contribution in [3.05, 3.63) is 48.5 Å². The van der Waals surface area contributed by atoms with Gasteiger partial charge in [0.2, 0.25) is 0 Å². The van der Waals surface area contributed by atoms with Gasteiger partial charge in [0.15, 0.2) is 0 Å². The van der Waals surface area contributed by atoms with Crippen LogP contribution in [0.1, 0.15) is 6.92 Å². The molecule has 0 aromatic heterocycles. The van der Waals surface area contributed by atoms with Crippen molar-refractivity contribution >= 4 is 13.9 Å². The number of phenolic OH excluding ortho intramolecular Hbond substituents is 1. The standard InChI is InChI=1S/C14H15OP/c1-2-16-14-10-6-4-8-12(14)11-7-3-5-9-13(11)15/h3-10,15-16H,2H2,1H3. The topological polar surface area (TPSA) is 20.2 Å². The largest absolute Gasteiger partial charge is 0.507 e. The van der Waals surface area contributed by atoms with Gasteiger partial charge in [-0.05, 0) is 23.1 Å². The number of benzene rings is 2. The Morgan fingerprint density at radius 3 is 2.25 bits per heavy atom. The van der Waals surface area contributed by atoms with Crippen molar-refractivity contribution < 1.29 is 5.11 Å². The molecular formula is C14H15OP. The summed E-state index contributed by atoms with van der Waals surface area (Å²) in [7, 11) is 0.797. The number of hydrogen-bond acceptors (Lipinski definition) is 1. The smallest absolute Gasteiger partial charge is 0.123 e. The summed E-state index contributed by atoms with van der Waals surface area (Å²) in [6.45, 7) is 2.18. The number of aromatic hydroxyl groups is 1. The molecule has 1 atom stereocenters. The number of phenols is 1. The molecule has 1 nitrogen and oxygen atoms in total. The first-order valence-corrected chi connectivity index (χ1v) is 6.65. The van der Waals surface area contributed by atoms with Crippen LogP contribution in [0.3, 0.4) is 0 Å². The summed E-state index contributed by atoms with van der Waals surface area (Å²) in [5.74, 6) is 0.357. The Morgan fingerprint density at radius 2 is 1.56 bits per heavy atom. The van der Waals surface area contributed by atoms with E-state index in [0.29, 0.717) is 5.75 Å². The zero-order valence-corrected chi connectivity index (χ0v) is 10.3. The summed E-state index contributed by atoms with van der Waals surface area (Å²) in [6.07, 6.45) is 1.14. The van der Waals surface area contributed by atoms with E-state index >= 15 is 0 Å². The summed E-state index contributed by atoms with van der Waals surface area (Å²) < 4.78 is 0. The Morgan fingerprint density at radius 1 is 0.938 bits per heavy atom. The van der Waals surface area contributed by atoms with Crippen LogP contribution in [-0.2, 0) is 0 Å². The molecule has 0 amide bonds. The molecule has 0 radical (unpaired) electrons. The molecule has 0 fully saturated rings. The summed E-state index contributed by atoms with van der Waals surface area (Å²) in [5, 5.41) is 11.2. The van der Waals surface area contributed by atoms with E-state index in [-0.39, 0.29) is 0 Å². The van der Waals surface area contributed by atoms with Crippen LogP contribution in [0.25, 0.3) is 11.1 Å². The second kappa shape index (κ2) is 5.14. The monoisotopic (exact) mass is 230 g/mol. The lowest BCUT2D eigenvalue weighted by Gasteiger charge is -2.10. The Hall–Kier alpha value is -1.33. The molecule has 0 saturated heterocycles. The minimum atomic E-state index is 0.357. The highest BCUT2D eigenvalue weighted by molar-refractivity contribution is 7.47. The van der Waals surface area contributed by atoms with Gasteiger partial charge in [-0.15, -0.1) is 0 Å². The molecule has 0 heterocycles. The molecule has 0 aliphatic heterocycles. The average Bonchev–Trinajstić information content (AvgIpc) is 2.31. The van der Waals surface area contributed by atoms with Gasteiger partial charge in [-0.1, -0.05) is 58.0 Å². The maximum atomic E-state index is 9.86. The molecule has 82 valence electrons. The lowest BCUT2D eigenvalue weighted by Crippen LogP contribution is -1.99. The molecule has 0 aliphatic rings. The quantitative estimate of drug-likeness (QED) is 0.801. The number of para-hydroxylation sites is 1. The Labute approximate surface area is 97.9 Å². The van der Waals surface area contributed by atoms with E-state index in [1.54, 1.807) is 6.07 Å². The van der Waals surface area contributed by atoms with Crippen LogP contribution in [0.15, 0.2) is 48.5 Å². The summed E-state index contributed by atoms with van der Waals surface area (Å²) >= 11 is 0. The first-order valence-electron chi connectivity index (χ1n) is 5.44. The van der Waals surface area contributed by atoms with Gasteiger partial charge in [0.1, 0.15) is 5.75 Å². The van der Waals surface area contributed by atoms with Crippen LogP contribution in [0.4, 0.5) is 0 Å². The zero-order valence-electron chi connectivity index (χ0n) is 9.27. The van der Waals surface area contributed by atoms with Gasteiger partial charge in [0.05, 0.1) is 0 Å². The first kappa shape index (κ1) is 11.2. The summed E-state index contributed by atoms with van der Waals surface area (Å²) in [5.41, 5.74) is 2.08. The van der Waals surface area contributed by atoms with E-state index in [9.17, 15) is 5.11 Å². The number of hydrogen-bond donors (Lipinski definition) is 1. The minimum absolute atomic E-state index is 0.357. The molecule has 0 bridgehead atoms. The van der Waals surface area contributed by atoms with Crippen molar-refractivity contribution in [2.24, 2.45) is 0 Å². The van der Waals surface area contributed by atoms with Crippen molar-refractivity contribution in [2.45, 2.75) is 6.92 Å². The lowest BCUT2D eigenvalue weighted by molar-refractivity contribution is 0.477. The van der Waals surface area contributed by atoms with E-state index in [0.717, 1.165) is 25.9 Å². The van der Waals surface area contributed by atoms with Crippen LogP contribution in [-0.4, -0.2) is 11.3 Å². The molecule has 0 spiro atoms. The number of rotatable bonds is 3. The van der Waals surface area contributed by atoms with E-state index in [1.165, 1.54) is 5.30 Å². The van der Waals surface area contributed by atoms with Crippen LogP contribution < -0.4 is 5.30 Å². The molecule has 0 aliphatic carbocycles. The van der Waals surface area contributed by atoms with E-state index < -0.39 is 0 Å². The third kappa shape index (κ3) is 2.25. The molecule has 2 aromatic rings. The van der Waals surface area contributed by atoms with Gasteiger partial charge in [0, 0.05) is 5.56 Å². The average molecular weight is 230 g/mol. The van der Waals surface area contributed by atoms with Crippen molar-refractivity contribution in [3.63, 3.8) is 0 Å². The molecule has 2 rings (SSSR count). The fourth-order valence-electron chi connectivity index (χ4n) is 1.76. The van der Waals surface area contributed by atoms with Gasteiger partial charge in [0.25, 0.3) is 0 Å². The Balaban J connectivity index is 2.51. The van der Waals surface area contributed by atoms with Crippen LogP contribution >= 0.6 is 8.58 Å². The normalized spacial score (nSPS) is 11.1. The van der Waals surface area contributed by atoms with E-state index in [1.807, 2.05) is 24.3 Å². The summed E-state index contributed by atoms with van der Waals surface area (Å²) in [4.78, 5) is 0. The Bertz CT molecular complexity index is 480. The van der Waals surface area contributed by atoms with Crippen LogP contribution in [0.5, 0.6) is 5.75 Å². The fourth-order valence-corrected chi connectivity index (χ4v) is 2.77.